The van der Waals surface area contributed by atoms with Crippen molar-refractivity contribution in [1.29, 1.82) is 0 Å². The number of aliphatic carboxylic acids is 1. The summed E-state index contributed by atoms with van der Waals surface area (Å²) < 4.78 is 5.85. The van der Waals surface area contributed by atoms with Gasteiger partial charge in [0.15, 0.2) is 0 Å². The predicted molar refractivity (Wildman–Crippen MR) is 82.4 cm³/mol. The lowest BCUT2D eigenvalue weighted by Gasteiger charge is -2.27. The lowest BCUT2D eigenvalue weighted by molar-refractivity contribution is -0.139. The predicted octanol–water partition coefficient (Wildman–Crippen LogP) is 2.44. The molecule has 1 heterocycles. The molecule has 0 aliphatic carbocycles. The van der Waals surface area contributed by atoms with E-state index in [1.807, 2.05) is 61.2 Å². The number of hydrogen-bond acceptors (Lipinski definition) is 4. The van der Waals surface area contributed by atoms with E-state index in [0.717, 1.165) is 23.3 Å². The number of benzene rings is 1. The minimum Gasteiger partial charge on any atom is -0.480 e. The first-order chi connectivity index (χ1) is 9.97. The largest absolute Gasteiger partial charge is 0.480 e. The summed E-state index contributed by atoms with van der Waals surface area (Å²) >= 11 is 0. The van der Waals surface area contributed by atoms with Crippen LogP contribution in [0.1, 0.15) is 18.7 Å². The van der Waals surface area contributed by atoms with Crippen molar-refractivity contribution in [2.24, 2.45) is 0 Å². The molecule has 5 nitrogen and oxygen atoms in total. The smallest absolute Gasteiger partial charge is 0.317 e. The Hall–Kier alpha value is -1.85. The van der Waals surface area contributed by atoms with Crippen molar-refractivity contribution < 1.29 is 14.3 Å². The highest BCUT2D eigenvalue weighted by atomic mass is 16.4. The topological polar surface area (TPSA) is 56.9 Å². The van der Waals surface area contributed by atoms with Gasteiger partial charge in [-0.25, -0.2) is 0 Å². The van der Waals surface area contributed by atoms with E-state index >= 15 is 0 Å². The van der Waals surface area contributed by atoms with Crippen LogP contribution in [0.5, 0.6) is 0 Å². The molecule has 1 N–H and O–H groups in total. The quantitative estimate of drug-likeness (QED) is 0.849. The second-order valence-corrected chi connectivity index (χ2v) is 5.53. The number of carboxylic acid groups (broad SMARTS) is 1. The standard InChI is InChI=1S/C16H22N2O3/c1-12(18(11-16(19)20)9-8-17(2)3)15-10-13-6-4-5-7-14(13)21-15/h4-7,10,12H,8-9,11H2,1-3H3,(H,19,20). The third kappa shape index (κ3) is 4.06. The summed E-state index contributed by atoms with van der Waals surface area (Å²) in [6.45, 7) is 3.47. The van der Waals surface area contributed by atoms with Crippen LogP contribution in [-0.2, 0) is 4.79 Å². The Morgan fingerprint density at radius 2 is 2.00 bits per heavy atom. The summed E-state index contributed by atoms with van der Waals surface area (Å²) in [4.78, 5) is 15.0. The summed E-state index contributed by atoms with van der Waals surface area (Å²) in [5.41, 5.74) is 0.835. The van der Waals surface area contributed by atoms with Gasteiger partial charge in [0.25, 0.3) is 0 Å². The van der Waals surface area contributed by atoms with Gasteiger partial charge in [0.05, 0.1) is 12.6 Å². The van der Waals surface area contributed by atoms with Crippen molar-refractivity contribution in [2.75, 3.05) is 33.7 Å². The second kappa shape index (κ2) is 6.74. The molecule has 1 aromatic heterocycles. The Kier molecular flexibility index (Phi) is 4.98. The Labute approximate surface area is 124 Å². The molecule has 2 rings (SSSR count). The molecule has 114 valence electrons. The molecule has 21 heavy (non-hydrogen) atoms. The Morgan fingerprint density at radius 3 is 2.62 bits per heavy atom. The van der Waals surface area contributed by atoms with Gasteiger partial charge in [0.2, 0.25) is 0 Å². The Balaban J connectivity index is 2.18. The van der Waals surface area contributed by atoms with Crippen LogP contribution in [0.15, 0.2) is 34.7 Å². The summed E-state index contributed by atoms with van der Waals surface area (Å²) in [7, 11) is 3.95. The molecular weight excluding hydrogens is 268 g/mol. The van der Waals surface area contributed by atoms with E-state index in [-0.39, 0.29) is 12.6 Å². The van der Waals surface area contributed by atoms with Crippen molar-refractivity contribution in [2.45, 2.75) is 13.0 Å². The van der Waals surface area contributed by atoms with Crippen LogP contribution in [0.2, 0.25) is 0 Å². The number of fused-ring (bicyclic) bond motifs is 1. The normalized spacial score (nSPS) is 13.2. The summed E-state index contributed by atoms with van der Waals surface area (Å²) in [5.74, 6) is -0.0204. The molecule has 1 aromatic carbocycles. The van der Waals surface area contributed by atoms with Crippen molar-refractivity contribution in [3.05, 3.63) is 36.1 Å². The van der Waals surface area contributed by atoms with Crippen molar-refractivity contribution in [3.63, 3.8) is 0 Å². The Bertz CT molecular complexity index is 573. The fourth-order valence-corrected chi connectivity index (χ4v) is 2.30. The molecule has 2 aromatic rings. The van der Waals surface area contributed by atoms with E-state index in [0.29, 0.717) is 6.54 Å². The van der Waals surface area contributed by atoms with Crippen LogP contribution in [0.25, 0.3) is 11.0 Å². The second-order valence-electron chi connectivity index (χ2n) is 5.53. The number of carbonyl (C=O) groups is 1. The molecule has 0 saturated heterocycles. The summed E-state index contributed by atoms with van der Waals surface area (Å²) in [6.07, 6.45) is 0. The molecule has 1 atom stereocenters. The van der Waals surface area contributed by atoms with Crippen LogP contribution in [0.4, 0.5) is 0 Å². The van der Waals surface area contributed by atoms with Crippen molar-refractivity contribution in [1.82, 2.24) is 9.80 Å². The van der Waals surface area contributed by atoms with Gasteiger partial charge in [-0.05, 0) is 33.2 Å². The van der Waals surface area contributed by atoms with Crippen LogP contribution in [-0.4, -0.2) is 54.6 Å². The monoisotopic (exact) mass is 290 g/mol. The molecule has 0 saturated carbocycles. The fraction of sp³-hybridized carbons (Fsp3) is 0.438. The van der Waals surface area contributed by atoms with Gasteiger partial charge in [-0.3, -0.25) is 9.69 Å². The zero-order valence-corrected chi connectivity index (χ0v) is 12.7. The van der Waals surface area contributed by atoms with E-state index in [1.54, 1.807) is 0 Å². The number of rotatable bonds is 7. The van der Waals surface area contributed by atoms with Gasteiger partial charge in [0.1, 0.15) is 11.3 Å². The summed E-state index contributed by atoms with van der Waals surface area (Å²) in [5, 5.41) is 10.1. The van der Waals surface area contributed by atoms with E-state index in [9.17, 15) is 4.79 Å². The maximum absolute atomic E-state index is 11.1. The third-order valence-electron chi connectivity index (χ3n) is 3.58. The van der Waals surface area contributed by atoms with E-state index < -0.39 is 5.97 Å². The van der Waals surface area contributed by atoms with Crippen molar-refractivity contribution in [3.8, 4) is 0 Å². The van der Waals surface area contributed by atoms with Gasteiger partial charge in [-0.1, -0.05) is 18.2 Å². The number of para-hydroxylation sites is 1. The SMILES string of the molecule is CC(c1cc2ccccc2o1)N(CCN(C)C)CC(=O)O. The first-order valence-electron chi connectivity index (χ1n) is 7.06. The highest BCUT2D eigenvalue weighted by Crippen LogP contribution is 2.27. The molecule has 1 unspecified atom stereocenters. The average Bonchev–Trinajstić information content (AvgIpc) is 2.86. The van der Waals surface area contributed by atoms with Gasteiger partial charge >= 0.3 is 5.97 Å². The van der Waals surface area contributed by atoms with Gasteiger partial charge in [-0.15, -0.1) is 0 Å². The molecule has 0 aliphatic heterocycles. The minimum absolute atomic E-state index is 0.00600. The molecule has 0 fully saturated rings. The molecule has 5 heteroatoms. The zero-order valence-electron chi connectivity index (χ0n) is 12.7. The lowest BCUT2D eigenvalue weighted by atomic mass is 10.2. The first kappa shape index (κ1) is 15.5. The third-order valence-corrected chi connectivity index (χ3v) is 3.58. The Morgan fingerprint density at radius 1 is 1.29 bits per heavy atom. The lowest BCUT2D eigenvalue weighted by Crippen LogP contribution is -2.37. The highest BCUT2D eigenvalue weighted by molar-refractivity contribution is 5.77. The molecule has 0 amide bonds. The number of nitrogens with zero attached hydrogens (tertiary/aromatic N) is 2. The van der Waals surface area contributed by atoms with E-state index in [1.165, 1.54) is 0 Å². The van der Waals surface area contributed by atoms with Crippen LogP contribution in [0.3, 0.4) is 0 Å². The van der Waals surface area contributed by atoms with E-state index in [2.05, 4.69) is 0 Å². The van der Waals surface area contributed by atoms with Crippen LogP contribution < -0.4 is 0 Å². The first-order valence-corrected chi connectivity index (χ1v) is 7.06. The average molecular weight is 290 g/mol. The molecule has 0 spiro atoms. The summed E-state index contributed by atoms with van der Waals surface area (Å²) in [6, 6.07) is 9.73. The van der Waals surface area contributed by atoms with Crippen LogP contribution >= 0.6 is 0 Å². The molecule has 0 aliphatic rings. The highest BCUT2D eigenvalue weighted by Gasteiger charge is 2.21. The number of likely N-dealkylation sites (N-methyl/N-ethyl adjacent to an activating group) is 1. The van der Waals surface area contributed by atoms with Crippen LogP contribution in [0, 0.1) is 0 Å². The fourth-order valence-electron chi connectivity index (χ4n) is 2.30. The number of furan rings is 1. The van der Waals surface area contributed by atoms with Gasteiger partial charge < -0.3 is 14.4 Å². The maximum atomic E-state index is 11.1. The molecule has 0 bridgehead atoms. The van der Waals surface area contributed by atoms with Gasteiger partial charge in [0, 0.05) is 18.5 Å². The van der Waals surface area contributed by atoms with Crippen molar-refractivity contribution >= 4 is 16.9 Å². The zero-order chi connectivity index (χ0) is 15.4. The number of hydrogen-bond donors (Lipinski definition) is 1. The van der Waals surface area contributed by atoms with E-state index in [4.69, 9.17) is 9.52 Å². The van der Waals surface area contributed by atoms with Gasteiger partial charge in [-0.2, -0.15) is 0 Å². The number of carboxylic acids is 1. The molecular formula is C16H22N2O3. The maximum Gasteiger partial charge on any atom is 0.317 e. The molecule has 0 radical (unpaired) electrons. The minimum atomic E-state index is -0.822.